The van der Waals surface area contributed by atoms with E-state index in [1.807, 2.05) is 24.3 Å². The van der Waals surface area contributed by atoms with Gasteiger partial charge in [0.05, 0.1) is 45.1 Å². The maximum Gasteiger partial charge on any atom is 0.104 e. The lowest BCUT2D eigenvalue weighted by atomic mass is 9.96. The van der Waals surface area contributed by atoms with Gasteiger partial charge in [0.15, 0.2) is 0 Å². The van der Waals surface area contributed by atoms with E-state index < -0.39 is 0 Å². The molecule has 4 nitrogen and oxygen atoms in total. The number of fused-ring (bicyclic) bond motifs is 6. The van der Waals surface area contributed by atoms with Gasteiger partial charge in [-0.15, -0.1) is 0 Å². The van der Waals surface area contributed by atoms with Gasteiger partial charge in [-0.2, -0.15) is 10.5 Å². The van der Waals surface area contributed by atoms with Gasteiger partial charge in [-0.25, -0.2) is 0 Å². The van der Waals surface area contributed by atoms with E-state index in [4.69, 9.17) is 0 Å². The van der Waals surface area contributed by atoms with E-state index in [1.54, 1.807) is 0 Å². The van der Waals surface area contributed by atoms with Gasteiger partial charge in [-0.3, -0.25) is 0 Å². The Hall–Kier alpha value is -9.22. The summed E-state index contributed by atoms with van der Waals surface area (Å²) in [6.45, 7) is 17.2. The molecule has 0 saturated heterocycles. The molecule has 0 aliphatic carbocycles. The highest BCUT2D eigenvalue weighted by molar-refractivity contribution is 6.14. The molecule has 4 heteroatoms. The van der Waals surface area contributed by atoms with Crippen molar-refractivity contribution in [1.29, 1.82) is 10.5 Å². The fourth-order valence-electron chi connectivity index (χ4n) is 11.9. The summed E-state index contributed by atoms with van der Waals surface area (Å²) in [7, 11) is 0. The third-order valence-corrected chi connectivity index (χ3v) is 14.8. The Bertz CT molecular complexity index is 3880. The summed E-state index contributed by atoms with van der Waals surface area (Å²) in [6.07, 6.45) is 0. The third-order valence-electron chi connectivity index (χ3n) is 14.8. The predicted molar refractivity (Wildman–Crippen MR) is 310 cm³/mol. The summed E-state index contributed by atoms with van der Waals surface area (Å²) in [5.74, 6) is 0. The number of hydrogen-bond acceptors (Lipinski definition) is 2. The summed E-state index contributed by atoms with van der Waals surface area (Å²) >= 11 is 0. The highest BCUT2D eigenvalue weighted by Crippen LogP contribution is 2.44. The number of benzene rings is 10. The number of nitrogens with zero attached hydrogens (tertiary/aromatic N) is 4. The van der Waals surface area contributed by atoms with Gasteiger partial charge in [0.2, 0.25) is 0 Å². The largest absolute Gasteiger partial charge is 0.308 e. The normalized spacial score (nSPS) is 11.5. The first-order valence-electron chi connectivity index (χ1n) is 25.4. The van der Waals surface area contributed by atoms with E-state index in [1.165, 1.54) is 66.8 Å². The average molecular weight is 951 g/mol. The lowest BCUT2D eigenvalue weighted by Crippen LogP contribution is -2.05. The monoisotopic (exact) mass is 950 g/mol. The van der Waals surface area contributed by atoms with Crippen LogP contribution < -0.4 is 0 Å². The first kappa shape index (κ1) is 45.9. The van der Waals surface area contributed by atoms with E-state index >= 15 is 0 Å². The van der Waals surface area contributed by atoms with Crippen LogP contribution in [0.1, 0.15) is 55.6 Å². The van der Waals surface area contributed by atoms with E-state index in [0.717, 1.165) is 88.4 Å². The molecule has 2 aromatic heterocycles. The highest BCUT2D eigenvalue weighted by atomic mass is 15.0. The second-order valence-electron chi connectivity index (χ2n) is 20.8. The first-order valence-corrected chi connectivity index (χ1v) is 25.4. The predicted octanol–water partition coefficient (Wildman–Crippen LogP) is 18.4. The van der Waals surface area contributed by atoms with Crippen LogP contribution in [0, 0.1) is 78.1 Å². The lowest BCUT2D eigenvalue weighted by molar-refractivity contribution is 1.12. The quantitative estimate of drug-likeness (QED) is 0.160. The Morgan fingerprint density at radius 3 is 0.865 bits per heavy atom. The summed E-state index contributed by atoms with van der Waals surface area (Å²) in [5.41, 5.74) is 27.0. The standard InChI is InChI=1S/C70H54N4/c1-41-21-42(2)26-54(25-41)49-13-17-65-60(33-49)61-34-50(55-27-43(3)22-44(4)28-55)14-18-66(61)73(65)69-37-58(59-12-10-9-11-53(59)39-71)38-70(64(69)40-72)74-67-19-15-51(56-29-45(5)23-46(6)30-56)35-62(67)63-36-52(16-20-68(63)74)57-31-47(7)24-48(8)32-57/h9-38H,1-8H3. The van der Waals surface area contributed by atoms with Gasteiger partial charge in [-0.1, -0.05) is 160 Å². The molecule has 2 heterocycles. The maximum absolute atomic E-state index is 11.9. The maximum atomic E-state index is 11.9. The second kappa shape index (κ2) is 17.8. The van der Waals surface area contributed by atoms with Crippen molar-refractivity contribution in [2.45, 2.75) is 55.4 Å². The van der Waals surface area contributed by atoms with Crippen molar-refractivity contribution in [3.05, 3.63) is 238 Å². The molecule has 0 N–H and O–H groups in total. The first-order chi connectivity index (χ1) is 35.8. The van der Waals surface area contributed by atoms with Gasteiger partial charge in [0.1, 0.15) is 11.6 Å². The van der Waals surface area contributed by atoms with Gasteiger partial charge in [0, 0.05) is 21.5 Å². The van der Waals surface area contributed by atoms with Crippen molar-refractivity contribution in [3.63, 3.8) is 0 Å². The van der Waals surface area contributed by atoms with Crippen LogP contribution >= 0.6 is 0 Å². The molecule has 0 saturated carbocycles. The Morgan fingerprint density at radius 2 is 0.581 bits per heavy atom. The molecule has 0 fully saturated rings. The molecule has 0 amide bonds. The van der Waals surface area contributed by atoms with Crippen molar-refractivity contribution >= 4 is 43.6 Å². The Balaban J connectivity index is 1.19. The summed E-state index contributed by atoms with van der Waals surface area (Å²) in [6, 6.07) is 71.3. The van der Waals surface area contributed by atoms with E-state index in [2.05, 4.69) is 234 Å². The summed E-state index contributed by atoms with van der Waals surface area (Å²) in [4.78, 5) is 0. The van der Waals surface area contributed by atoms with E-state index in [-0.39, 0.29) is 0 Å². The molecule has 12 aromatic rings. The number of aromatic nitrogens is 2. The molecule has 0 atom stereocenters. The molecule has 74 heavy (non-hydrogen) atoms. The molecule has 10 aromatic carbocycles. The Labute approximate surface area is 433 Å². The van der Waals surface area contributed by atoms with Crippen LogP contribution in [0.4, 0.5) is 0 Å². The average Bonchev–Trinajstić information content (AvgIpc) is 3.88. The minimum Gasteiger partial charge on any atom is -0.308 e. The molecule has 0 bridgehead atoms. The number of nitriles is 2. The minimum absolute atomic E-state index is 0.523. The fourth-order valence-corrected chi connectivity index (χ4v) is 11.9. The molecule has 0 radical (unpaired) electrons. The molecule has 0 spiro atoms. The van der Waals surface area contributed by atoms with Gasteiger partial charge < -0.3 is 9.13 Å². The lowest BCUT2D eigenvalue weighted by Gasteiger charge is -2.19. The van der Waals surface area contributed by atoms with Crippen LogP contribution in [0.2, 0.25) is 0 Å². The SMILES string of the molecule is Cc1cc(C)cc(-c2ccc3c(c2)c2cc(-c4cc(C)cc(C)c4)ccc2n3-c2cc(-c3ccccc3C#N)cc(-n3c4ccc(-c5cc(C)cc(C)c5)cc4c4cc(-c5cc(C)cc(C)c5)ccc43)c2C#N)c1. The number of aryl methyl sites for hydroxylation is 8. The van der Waals surface area contributed by atoms with Crippen LogP contribution in [0.15, 0.2) is 182 Å². The van der Waals surface area contributed by atoms with Crippen LogP contribution in [-0.2, 0) is 0 Å². The Kier molecular flexibility index (Phi) is 11.0. The third kappa shape index (κ3) is 7.93. The van der Waals surface area contributed by atoms with E-state index in [9.17, 15) is 10.5 Å². The topological polar surface area (TPSA) is 57.4 Å². The van der Waals surface area contributed by atoms with Crippen molar-refractivity contribution in [1.82, 2.24) is 9.13 Å². The summed E-state index contributed by atoms with van der Waals surface area (Å²) in [5, 5.41) is 26.9. The minimum atomic E-state index is 0.523. The molecular formula is C70H54N4. The molecule has 0 unspecified atom stereocenters. The van der Waals surface area contributed by atoms with Crippen molar-refractivity contribution in [2.75, 3.05) is 0 Å². The van der Waals surface area contributed by atoms with Crippen LogP contribution in [0.25, 0.3) is 111 Å². The van der Waals surface area contributed by atoms with Crippen LogP contribution in [0.3, 0.4) is 0 Å². The molecule has 0 aliphatic heterocycles. The second-order valence-corrected chi connectivity index (χ2v) is 20.8. The van der Waals surface area contributed by atoms with E-state index in [0.29, 0.717) is 11.1 Å². The van der Waals surface area contributed by atoms with Crippen molar-refractivity contribution in [2.24, 2.45) is 0 Å². The number of rotatable bonds is 7. The molecular weight excluding hydrogens is 897 g/mol. The summed E-state index contributed by atoms with van der Waals surface area (Å²) < 4.78 is 4.57. The van der Waals surface area contributed by atoms with Gasteiger partial charge in [0.25, 0.3) is 0 Å². The van der Waals surface area contributed by atoms with Crippen LogP contribution in [-0.4, -0.2) is 9.13 Å². The zero-order valence-corrected chi connectivity index (χ0v) is 43.1. The zero-order valence-electron chi connectivity index (χ0n) is 43.1. The molecule has 0 aliphatic rings. The smallest absolute Gasteiger partial charge is 0.104 e. The molecule has 12 rings (SSSR count). The van der Waals surface area contributed by atoms with Gasteiger partial charge >= 0.3 is 0 Å². The van der Waals surface area contributed by atoms with Gasteiger partial charge in [-0.05, 0) is 178 Å². The van der Waals surface area contributed by atoms with Crippen molar-refractivity contribution < 1.29 is 0 Å². The molecule has 354 valence electrons. The fraction of sp³-hybridized carbons (Fsp3) is 0.114. The van der Waals surface area contributed by atoms with Crippen LogP contribution in [0.5, 0.6) is 0 Å². The van der Waals surface area contributed by atoms with Crippen molar-refractivity contribution in [3.8, 4) is 79.1 Å². The Morgan fingerprint density at radius 1 is 0.284 bits per heavy atom. The zero-order chi connectivity index (χ0) is 51.1. The highest BCUT2D eigenvalue weighted by Gasteiger charge is 2.25. The number of hydrogen-bond donors (Lipinski definition) is 0.